The normalized spacial score (nSPS) is 22.5. The molecule has 0 spiro atoms. The molecule has 1 saturated carbocycles. The first-order valence-corrected chi connectivity index (χ1v) is 7.70. The van der Waals surface area contributed by atoms with Crippen LogP contribution in [0.25, 0.3) is 11.0 Å². The summed E-state index contributed by atoms with van der Waals surface area (Å²) < 4.78 is 1.85. The summed E-state index contributed by atoms with van der Waals surface area (Å²) in [6, 6.07) is 4.97. The van der Waals surface area contributed by atoms with E-state index in [0.717, 1.165) is 35.8 Å². The minimum absolute atomic E-state index is 0.289. The minimum Gasteiger partial charge on any atom is -0.478 e. The van der Waals surface area contributed by atoms with Crippen LogP contribution in [0.15, 0.2) is 18.2 Å². The van der Waals surface area contributed by atoms with Gasteiger partial charge >= 0.3 is 5.97 Å². The first kappa shape index (κ1) is 14.0. The zero-order chi connectivity index (χ0) is 14.8. The summed E-state index contributed by atoms with van der Waals surface area (Å²) in [4.78, 5) is 11.1. The van der Waals surface area contributed by atoms with E-state index < -0.39 is 5.97 Å². The van der Waals surface area contributed by atoms with Crippen LogP contribution >= 0.6 is 0 Å². The SMILES string of the molecule is CC1CCCC(CCn2nnc3ccc(C(=O)O)cc32)C1. The van der Waals surface area contributed by atoms with Crippen LogP contribution in [0.2, 0.25) is 0 Å². The standard InChI is InChI=1S/C16H21N3O2/c1-11-3-2-4-12(9-11)7-8-19-15-10-13(16(20)21)5-6-14(15)17-18-19/h5-6,10-12H,2-4,7-9H2,1H3,(H,20,21). The van der Waals surface area contributed by atoms with Crippen LogP contribution < -0.4 is 0 Å². The van der Waals surface area contributed by atoms with Gasteiger partial charge in [-0.2, -0.15) is 0 Å². The molecule has 2 aromatic rings. The van der Waals surface area contributed by atoms with Crippen molar-refractivity contribution in [2.45, 2.75) is 45.6 Å². The quantitative estimate of drug-likeness (QED) is 0.936. The molecule has 1 heterocycles. The molecule has 1 N–H and O–H groups in total. The summed E-state index contributed by atoms with van der Waals surface area (Å²) in [5.74, 6) is 0.677. The first-order valence-electron chi connectivity index (χ1n) is 7.70. The summed E-state index contributed by atoms with van der Waals surface area (Å²) in [5, 5.41) is 17.4. The molecular formula is C16H21N3O2. The van der Waals surface area contributed by atoms with Crippen molar-refractivity contribution >= 4 is 17.0 Å². The Kier molecular flexibility index (Phi) is 3.90. The van der Waals surface area contributed by atoms with Crippen LogP contribution in [0.1, 0.15) is 49.4 Å². The Labute approximate surface area is 124 Å². The summed E-state index contributed by atoms with van der Waals surface area (Å²) in [6.45, 7) is 3.15. The van der Waals surface area contributed by atoms with E-state index in [0.29, 0.717) is 0 Å². The van der Waals surface area contributed by atoms with Gasteiger partial charge in [0.25, 0.3) is 0 Å². The van der Waals surface area contributed by atoms with Gasteiger partial charge in [0.15, 0.2) is 0 Å². The lowest BCUT2D eigenvalue weighted by Gasteiger charge is -2.26. The third-order valence-electron chi connectivity index (χ3n) is 4.56. The van der Waals surface area contributed by atoms with Gasteiger partial charge in [0.2, 0.25) is 0 Å². The molecular weight excluding hydrogens is 266 g/mol. The molecule has 0 saturated heterocycles. The molecule has 5 nitrogen and oxygen atoms in total. The highest BCUT2D eigenvalue weighted by Gasteiger charge is 2.19. The van der Waals surface area contributed by atoms with E-state index in [1.54, 1.807) is 18.2 Å². The number of carboxylic acids is 1. The van der Waals surface area contributed by atoms with E-state index >= 15 is 0 Å². The molecule has 3 rings (SSSR count). The zero-order valence-corrected chi connectivity index (χ0v) is 12.3. The Bertz CT molecular complexity index is 650. The number of aromatic carboxylic acids is 1. The van der Waals surface area contributed by atoms with Crippen LogP contribution in [-0.2, 0) is 6.54 Å². The summed E-state index contributed by atoms with van der Waals surface area (Å²) in [5.41, 5.74) is 1.87. The first-order chi connectivity index (χ1) is 10.1. The lowest BCUT2D eigenvalue weighted by molar-refractivity contribution is 0.0697. The third kappa shape index (κ3) is 3.06. The van der Waals surface area contributed by atoms with Crippen molar-refractivity contribution in [1.82, 2.24) is 15.0 Å². The number of rotatable bonds is 4. The van der Waals surface area contributed by atoms with Gasteiger partial charge in [-0.15, -0.1) is 5.10 Å². The van der Waals surface area contributed by atoms with Crippen molar-refractivity contribution in [1.29, 1.82) is 0 Å². The maximum atomic E-state index is 11.1. The van der Waals surface area contributed by atoms with E-state index in [1.165, 1.54) is 25.7 Å². The van der Waals surface area contributed by atoms with Crippen LogP contribution in [0.4, 0.5) is 0 Å². The Balaban J connectivity index is 1.74. The number of carboxylic acid groups (broad SMARTS) is 1. The number of hydrogen-bond acceptors (Lipinski definition) is 3. The van der Waals surface area contributed by atoms with Gasteiger partial charge in [-0.1, -0.05) is 31.4 Å². The molecule has 112 valence electrons. The molecule has 0 amide bonds. The molecule has 0 radical (unpaired) electrons. The summed E-state index contributed by atoms with van der Waals surface area (Å²) in [7, 11) is 0. The Morgan fingerprint density at radius 2 is 2.29 bits per heavy atom. The summed E-state index contributed by atoms with van der Waals surface area (Å²) >= 11 is 0. The molecule has 2 atom stereocenters. The average Bonchev–Trinajstić information content (AvgIpc) is 2.87. The lowest BCUT2D eigenvalue weighted by Crippen LogP contribution is -2.15. The molecule has 1 aromatic carbocycles. The second kappa shape index (κ2) is 5.84. The van der Waals surface area contributed by atoms with Crippen molar-refractivity contribution in [3.63, 3.8) is 0 Å². The molecule has 21 heavy (non-hydrogen) atoms. The topological polar surface area (TPSA) is 68.0 Å². The number of aromatic nitrogens is 3. The fraction of sp³-hybridized carbons (Fsp3) is 0.562. The second-order valence-electron chi connectivity index (χ2n) is 6.25. The van der Waals surface area contributed by atoms with E-state index in [9.17, 15) is 4.79 Å². The molecule has 1 aromatic heterocycles. The Morgan fingerprint density at radius 1 is 1.43 bits per heavy atom. The second-order valence-corrected chi connectivity index (χ2v) is 6.25. The van der Waals surface area contributed by atoms with Crippen LogP contribution in [0.3, 0.4) is 0 Å². The van der Waals surface area contributed by atoms with Crippen molar-refractivity contribution in [3.05, 3.63) is 23.8 Å². The number of carbonyl (C=O) groups is 1. The molecule has 0 aliphatic heterocycles. The number of fused-ring (bicyclic) bond motifs is 1. The van der Waals surface area contributed by atoms with Crippen molar-refractivity contribution < 1.29 is 9.90 Å². The minimum atomic E-state index is -0.911. The molecule has 0 bridgehead atoms. The molecule has 2 unspecified atom stereocenters. The maximum Gasteiger partial charge on any atom is 0.335 e. The van der Waals surface area contributed by atoms with Crippen molar-refractivity contribution in [2.24, 2.45) is 11.8 Å². The number of aryl methyl sites for hydroxylation is 1. The lowest BCUT2D eigenvalue weighted by atomic mass is 9.81. The fourth-order valence-corrected chi connectivity index (χ4v) is 3.39. The van der Waals surface area contributed by atoms with Crippen molar-refractivity contribution in [3.8, 4) is 0 Å². The van der Waals surface area contributed by atoms with Gasteiger partial charge in [0.1, 0.15) is 5.52 Å². The fourth-order valence-electron chi connectivity index (χ4n) is 3.39. The van der Waals surface area contributed by atoms with Crippen molar-refractivity contribution in [2.75, 3.05) is 0 Å². The number of benzene rings is 1. The van der Waals surface area contributed by atoms with Crippen LogP contribution in [0.5, 0.6) is 0 Å². The molecule has 1 fully saturated rings. The number of hydrogen-bond donors (Lipinski definition) is 1. The van der Waals surface area contributed by atoms with Gasteiger partial charge in [-0.25, -0.2) is 9.48 Å². The van der Waals surface area contributed by atoms with Gasteiger partial charge in [0, 0.05) is 6.54 Å². The van der Waals surface area contributed by atoms with Gasteiger partial charge in [-0.05, 0) is 42.9 Å². The number of nitrogens with zero attached hydrogens (tertiary/aromatic N) is 3. The van der Waals surface area contributed by atoms with E-state index in [4.69, 9.17) is 5.11 Å². The Morgan fingerprint density at radius 3 is 3.05 bits per heavy atom. The third-order valence-corrected chi connectivity index (χ3v) is 4.56. The van der Waals surface area contributed by atoms with E-state index in [-0.39, 0.29) is 5.56 Å². The Hall–Kier alpha value is -1.91. The summed E-state index contributed by atoms with van der Waals surface area (Å²) in [6.07, 6.45) is 6.38. The van der Waals surface area contributed by atoms with Gasteiger partial charge < -0.3 is 5.11 Å². The van der Waals surface area contributed by atoms with E-state index in [1.807, 2.05) is 4.68 Å². The monoisotopic (exact) mass is 287 g/mol. The highest BCUT2D eigenvalue weighted by Crippen LogP contribution is 2.31. The average molecular weight is 287 g/mol. The highest BCUT2D eigenvalue weighted by molar-refractivity contribution is 5.92. The molecule has 1 aliphatic rings. The predicted octanol–water partition coefficient (Wildman–Crippen LogP) is 3.35. The zero-order valence-electron chi connectivity index (χ0n) is 12.3. The van der Waals surface area contributed by atoms with E-state index in [2.05, 4.69) is 17.2 Å². The maximum absolute atomic E-state index is 11.1. The largest absolute Gasteiger partial charge is 0.478 e. The molecule has 5 heteroatoms. The molecule has 1 aliphatic carbocycles. The van der Waals surface area contributed by atoms with Gasteiger partial charge in [0.05, 0.1) is 11.1 Å². The predicted molar refractivity (Wildman–Crippen MR) is 80.2 cm³/mol. The van der Waals surface area contributed by atoms with Gasteiger partial charge in [-0.3, -0.25) is 0 Å². The van der Waals surface area contributed by atoms with Crippen LogP contribution in [0, 0.1) is 11.8 Å². The van der Waals surface area contributed by atoms with Crippen LogP contribution in [-0.4, -0.2) is 26.1 Å². The smallest absolute Gasteiger partial charge is 0.335 e. The highest BCUT2D eigenvalue weighted by atomic mass is 16.4.